The van der Waals surface area contributed by atoms with Crippen molar-refractivity contribution in [3.8, 4) is 44.8 Å². The van der Waals surface area contributed by atoms with E-state index in [4.69, 9.17) is 0 Å². The van der Waals surface area contributed by atoms with Gasteiger partial charge in [0.05, 0.1) is 55.3 Å². The summed E-state index contributed by atoms with van der Waals surface area (Å²) in [5, 5.41) is 22.8. The third kappa shape index (κ3) is 19.0. The first-order chi connectivity index (χ1) is 67.5. The first kappa shape index (κ1) is 94.2. The minimum atomic E-state index is 0. The van der Waals surface area contributed by atoms with Crippen molar-refractivity contribution in [1.29, 1.82) is 0 Å². The van der Waals surface area contributed by atoms with Crippen LogP contribution in [0.15, 0.2) is 420 Å². The second-order valence-electron chi connectivity index (χ2n) is 30.8. The molecule has 1 aliphatic heterocycles. The van der Waals surface area contributed by atoms with E-state index in [1.165, 1.54) is 32.2 Å². The number of fused-ring (bicyclic) bond motifs is 21. The Balaban J connectivity index is 0.000000106. The fourth-order valence-electron chi connectivity index (χ4n) is 16.6. The van der Waals surface area contributed by atoms with Crippen molar-refractivity contribution in [2.75, 3.05) is 16.8 Å². The summed E-state index contributed by atoms with van der Waals surface area (Å²) in [7, 11) is 2.06. The van der Waals surface area contributed by atoms with Crippen LogP contribution in [0.4, 0.5) is 17.1 Å². The van der Waals surface area contributed by atoms with Crippen molar-refractivity contribution in [3.05, 3.63) is 469 Å². The summed E-state index contributed by atoms with van der Waals surface area (Å²) < 4.78 is 16.9. The van der Waals surface area contributed by atoms with Gasteiger partial charge in [0.2, 0.25) is 23.1 Å². The van der Waals surface area contributed by atoms with Crippen molar-refractivity contribution >= 4 is 149 Å². The third-order valence-electron chi connectivity index (χ3n) is 22.6. The molecule has 0 unspecified atom stereocenters. The number of anilines is 3. The number of rotatable bonds is 7. The smallest absolute Gasteiger partial charge is 0.504 e. The molecule has 0 aliphatic carbocycles. The molecule has 29 heteroatoms. The topological polar surface area (TPSA) is 226 Å². The molecule has 0 N–H and O–H groups in total. The predicted molar refractivity (Wildman–Crippen MR) is 537 cm³/mol. The Bertz CT molecular complexity index is 8010. The number of benzene rings is 15. The van der Waals surface area contributed by atoms with Crippen LogP contribution < -0.4 is 14.8 Å². The molecule has 29 rings (SSSR count). The van der Waals surface area contributed by atoms with Crippen molar-refractivity contribution in [3.63, 3.8) is 0 Å². The van der Waals surface area contributed by atoms with Gasteiger partial charge in [-0.25, -0.2) is 11.3 Å². The van der Waals surface area contributed by atoms with Crippen LogP contribution in [0, 0.1) is 49.1 Å². The van der Waals surface area contributed by atoms with E-state index in [1.54, 1.807) is 55.2 Å². The summed E-state index contributed by atoms with van der Waals surface area (Å²) in [6, 6.07) is 145. The van der Waals surface area contributed by atoms with Gasteiger partial charge in [0.25, 0.3) is 0 Å². The van der Waals surface area contributed by atoms with E-state index in [9.17, 15) is 0 Å². The van der Waals surface area contributed by atoms with Crippen LogP contribution in [0.3, 0.4) is 0 Å². The average molecular weight is 2540 g/mol. The molecule has 24 nitrogen and oxygen atoms in total. The van der Waals surface area contributed by atoms with E-state index in [1.807, 2.05) is 297 Å². The standard InChI is InChI=1S/C16H9N2.4C14H9N4.C14H12N2.C13H8NS.C12H8N3.4Ir/c1-3-7-13-11(5-1)12-6-2-4-8-14(12)16-15(13)17-9-10-18-16;4*1-2-6-11(7-3-1)17-12-8-4-5-9-13(12)18-14(17)15-10-16-18;1-15-11-16(12-7-3-2-4-8-12)14-10-6-5-9-13(14)15;1-2-7-12-10(5-1)9-13(15-12)11-6-3-4-8-14-11;1-2-6-10-9(5-1)14-12(15-10)11-7-3-4-8-13-11;;;;/h1-7,9-10H;4*1-6,8-10H;2-7,9-11H,1H3;2*1-8H;;;;/q5*-1;-2;2*-1;;;;+3. The summed E-state index contributed by atoms with van der Waals surface area (Å²) in [4.78, 5) is 49.0. The van der Waals surface area contributed by atoms with Crippen LogP contribution in [-0.4, -0.2) is 109 Å². The van der Waals surface area contributed by atoms with E-state index in [-0.39, 0.29) is 80.4 Å². The van der Waals surface area contributed by atoms with Gasteiger partial charge in [-0.2, -0.15) is 192 Å². The second kappa shape index (κ2) is 43.5. The van der Waals surface area contributed by atoms with Crippen molar-refractivity contribution in [2.24, 2.45) is 0 Å². The fourth-order valence-corrected chi connectivity index (χ4v) is 17.6. The first-order valence-electron chi connectivity index (χ1n) is 43.5. The second-order valence-corrected chi connectivity index (χ2v) is 31.8. The molecule has 28 aromatic rings. The van der Waals surface area contributed by atoms with Crippen LogP contribution >= 0.6 is 11.3 Å². The Kier molecular flexibility index (Phi) is 29.3. The summed E-state index contributed by atoms with van der Waals surface area (Å²) in [6.45, 7) is 2.08. The Labute approximate surface area is 859 Å². The molecular weight excluding hydrogens is 2470 g/mol. The van der Waals surface area contributed by atoms with Gasteiger partial charge in [-0.15, -0.1) is 83.2 Å². The molecule has 0 bridgehead atoms. The number of thiophene rings is 1. The molecule has 3 radical (unpaired) electrons. The zero-order chi connectivity index (χ0) is 90.9. The van der Waals surface area contributed by atoms with E-state index in [2.05, 4.69) is 252 Å². The quantitative estimate of drug-likeness (QED) is 0.107. The van der Waals surface area contributed by atoms with Crippen LogP contribution in [0.5, 0.6) is 0 Å². The summed E-state index contributed by atoms with van der Waals surface area (Å²) in [5.74, 6) is 3.91. The Morgan fingerprint density at radius 2 is 0.686 bits per heavy atom. The molecule has 0 amide bonds. The van der Waals surface area contributed by atoms with E-state index < -0.39 is 0 Å². The number of imidazole rings is 5. The van der Waals surface area contributed by atoms with Gasteiger partial charge in [0.15, 0.2) is 0 Å². The molecule has 0 spiro atoms. The van der Waals surface area contributed by atoms with Crippen molar-refractivity contribution in [2.45, 2.75) is 0 Å². The summed E-state index contributed by atoms with van der Waals surface area (Å²) in [5.41, 5.74) is 21.4. The van der Waals surface area contributed by atoms with Crippen molar-refractivity contribution in [1.82, 2.24) is 107 Å². The molecule has 0 atom stereocenters. The maximum atomic E-state index is 4.48. The number of aromatic nitrogens is 22. The van der Waals surface area contributed by atoms with Crippen LogP contribution in [-0.2, 0) is 80.4 Å². The van der Waals surface area contributed by atoms with E-state index in [0.29, 0.717) is 5.82 Å². The van der Waals surface area contributed by atoms with E-state index >= 15 is 0 Å². The Hall–Kier alpha value is -16.2. The number of pyridine rings is 2. The van der Waals surface area contributed by atoms with Crippen LogP contribution in [0.25, 0.3) is 166 Å². The molecule has 1 aliphatic rings. The predicted octanol–water partition coefficient (Wildman–Crippen LogP) is 22.8. The molecule has 140 heavy (non-hydrogen) atoms. The fraction of sp³-hybridized carbons (Fsp3) is 0.00901. The van der Waals surface area contributed by atoms with Gasteiger partial charge in [-0.3, -0.25) is 9.97 Å². The van der Waals surface area contributed by atoms with Gasteiger partial charge in [-0.05, 0) is 118 Å². The normalized spacial score (nSPS) is 11.2. The van der Waals surface area contributed by atoms with Gasteiger partial charge in [0, 0.05) is 108 Å². The number of hydrogen-bond donors (Lipinski definition) is 0. The molecule has 0 saturated heterocycles. The summed E-state index contributed by atoms with van der Waals surface area (Å²) >= 11 is 1.73. The maximum absolute atomic E-state index is 4.48. The molecule has 15 aromatic carbocycles. The van der Waals surface area contributed by atoms with Gasteiger partial charge in [-0.1, -0.05) is 173 Å². The Morgan fingerprint density at radius 3 is 1.14 bits per heavy atom. The molecule has 13 aromatic heterocycles. The summed E-state index contributed by atoms with van der Waals surface area (Å²) in [6.07, 6.45) is 13.3. The number of nitrogens with zero attached hydrogens (tertiary/aromatic N) is 24. The SMILES string of the molecule is CN1[CH-]N(c2[c-]cccc2)c2ccccc21.[Ir+3].[Ir].[Ir].[Ir].[c-]1c(-c2ccccn2)sc2ccccc12.[c-]1cccc2c1c1nccnc1c1ccccc21.[c-]1ccccc1-n1c2ccccc2n2ncnc12.[c-]1ccccc1-n1c2ccccc2n2ncnc12.[c-]1ccccc1-n1c2ccccc2n2ncnc12.[c-]1ccccc1-n1c2ccccc2n2ncnc12.c1ccc(-c2nc3ccccc3[n-]2)nc1. The molecular formula is C111H73Ir4N24S-6. The molecule has 0 saturated carbocycles. The minimum Gasteiger partial charge on any atom is -0.504 e. The van der Waals surface area contributed by atoms with Crippen LogP contribution in [0.2, 0.25) is 0 Å². The monoisotopic (exact) mass is 2550 g/mol. The molecule has 0 fully saturated rings. The van der Waals surface area contributed by atoms with E-state index in [0.717, 1.165) is 145 Å². The number of para-hydroxylation sites is 17. The average Bonchev–Trinajstić information content (AvgIpc) is 1.73. The first-order valence-corrected chi connectivity index (χ1v) is 44.3. The minimum absolute atomic E-state index is 0. The third-order valence-corrected chi connectivity index (χ3v) is 23.6. The maximum Gasteiger partial charge on any atom is 3.00 e. The van der Waals surface area contributed by atoms with Gasteiger partial charge >= 0.3 is 20.1 Å². The zero-order valence-corrected chi connectivity index (χ0v) is 84.3. The van der Waals surface area contributed by atoms with Gasteiger partial charge < -0.3 is 48.0 Å². The number of hydrogen-bond acceptors (Lipinski definition) is 16. The largest absolute Gasteiger partial charge is 3.00 e. The Morgan fingerprint density at radius 1 is 0.307 bits per heavy atom. The van der Waals surface area contributed by atoms with Crippen molar-refractivity contribution < 1.29 is 80.4 Å². The molecule has 685 valence electrons. The van der Waals surface area contributed by atoms with Crippen LogP contribution in [0.1, 0.15) is 0 Å². The molecule has 14 heterocycles. The van der Waals surface area contributed by atoms with Gasteiger partial charge in [0.1, 0.15) is 25.3 Å². The zero-order valence-electron chi connectivity index (χ0n) is 73.9.